The topological polar surface area (TPSA) is 77.9 Å². The number of rotatable bonds is 6. The number of thiocarbonyl (C=S) groups is 1. The monoisotopic (exact) mass is 471 g/mol. The first-order chi connectivity index (χ1) is 13.6. The van der Waals surface area contributed by atoms with Crippen molar-refractivity contribution in [1.82, 2.24) is 10.6 Å². The minimum Gasteiger partial charge on any atom is -0.339 e. The SMILES string of the molecule is CC(C)C(=O)NC(NC(=S)Nc1ccc(N=Nc2ccccc2)cc1)C(Cl)(Cl)Cl. The Balaban J connectivity index is 1.96. The highest BCUT2D eigenvalue weighted by Crippen LogP contribution is 2.29. The van der Waals surface area contributed by atoms with Crippen LogP contribution in [0, 0.1) is 5.92 Å². The third-order valence-corrected chi connectivity index (χ3v) is 4.45. The number of hydrogen-bond donors (Lipinski definition) is 3. The van der Waals surface area contributed by atoms with Crippen molar-refractivity contribution in [2.75, 3.05) is 5.32 Å². The quantitative estimate of drug-likeness (QED) is 0.213. The van der Waals surface area contributed by atoms with Crippen molar-refractivity contribution in [3.63, 3.8) is 0 Å². The van der Waals surface area contributed by atoms with Crippen LogP contribution in [0.15, 0.2) is 64.8 Å². The molecule has 0 aliphatic rings. The second-order valence-electron chi connectivity index (χ2n) is 6.32. The highest BCUT2D eigenvalue weighted by molar-refractivity contribution is 7.80. The normalized spacial score (nSPS) is 12.6. The van der Waals surface area contributed by atoms with Crippen LogP contribution in [-0.2, 0) is 4.79 Å². The number of benzene rings is 2. The minimum atomic E-state index is -1.79. The molecule has 6 nitrogen and oxygen atoms in total. The van der Waals surface area contributed by atoms with Crippen molar-refractivity contribution in [3.8, 4) is 0 Å². The van der Waals surface area contributed by atoms with Gasteiger partial charge in [0.25, 0.3) is 0 Å². The Labute approximate surface area is 190 Å². The molecule has 0 saturated carbocycles. The van der Waals surface area contributed by atoms with Crippen molar-refractivity contribution < 1.29 is 4.79 Å². The molecule has 0 bridgehead atoms. The molecule has 154 valence electrons. The molecule has 0 spiro atoms. The van der Waals surface area contributed by atoms with Crippen LogP contribution in [0.5, 0.6) is 0 Å². The maximum absolute atomic E-state index is 11.9. The van der Waals surface area contributed by atoms with Gasteiger partial charge in [-0.15, -0.1) is 0 Å². The molecule has 0 aliphatic carbocycles. The van der Waals surface area contributed by atoms with Crippen LogP contribution in [0.1, 0.15) is 13.8 Å². The predicted octanol–water partition coefficient (Wildman–Crippen LogP) is 5.86. The second kappa shape index (κ2) is 10.7. The number of carbonyl (C=O) groups is 1. The van der Waals surface area contributed by atoms with Crippen LogP contribution in [-0.4, -0.2) is 21.0 Å². The fourth-order valence-electron chi connectivity index (χ4n) is 2.03. The van der Waals surface area contributed by atoms with Gasteiger partial charge in [-0.25, -0.2) is 0 Å². The maximum atomic E-state index is 11.9. The Bertz CT molecular complexity index is 854. The van der Waals surface area contributed by atoms with Gasteiger partial charge < -0.3 is 16.0 Å². The zero-order chi connectivity index (χ0) is 21.4. The Hall–Kier alpha value is -1.93. The highest BCUT2D eigenvalue weighted by atomic mass is 35.6. The van der Waals surface area contributed by atoms with Gasteiger partial charge in [-0.3, -0.25) is 4.79 Å². The summed E-state index contributed by atoms with van der Waals surface area (Å²) in [6, 6.07) is 16.6. The smallest absolute Gasteiger partial charge is 0.228 e. The van der Waals surface area contributed by atoms with E-state index in [0.29, 0.717) is 11.4 Å². The Morgan fingerprint density at radius 3 is 2.00 bits per heavy atom. The van der Waals surface area contributed by atoms with Crippen LogP contribution >= 0.6 is 47.0 Å². The van der Waals surface area contributed by atoms with Crippen molar-refractivity contribution in [3.05, 3.63) is 54.6 Å². The molecule has 10 heteroatoms. The molecule has 3 N–H and O–H groups in total. The van der Waals surface area contributed by atoms with E-state index in [1.165, 1.54) is 0 Å². The summed E-state index contributed by atoms with van der Waals surface area (Å²) in [6.07, 6.45) is -0.999. The van der Waals surface area contributed by atoms with Crippen molar-refractivity contribution in [2.45, 2.75) is 23.8 Å². The van der Waals surface area contributed by atoms with Crippen molar-refractivity contribution in [2.24, 2.45) is 16.1 Å². The zero-order valence-electron chi connectivity index (χ0n) is 15.7. The summed E-state index contributed by atoms with van der Waals surface area (Å²) in [4.78, 5) is 11.9. The van der Waals surface area contributed by atoms with Gasteiger partial charge in [-0.1, -0.05) is 66.8 Å². The van der Waals surface area contributed by atoms with Gasteiger partial charge in [0.1, 0.15) is 6.17 Å². The van der Waals surface area contributed by atoms with Gasteiger partial charge in [0.15, 0.2) is 5.11 Å². The fraction of sp³-hybridized carbons (Fsp3) is 0.263. The number of carbonyl (C=O) groups excluding carboxylic acids is 1. The number of nitrogens with one attached hydrogen (secondary N) is 3. The largest absolute Gasteiger partial charge is 0.339 e. The first-order valence-corrected chi connectivity index (χ1v) is 10.2. The Morgan fingerprint density at radius 1 is 0.931 bits per heavy atom. The van der Waals surface area contributed by atoms with Crippen molar-refractivity contribution in [1.29, 1.82) is 0 Å². The predicted molar refractivity (Wildman–Crippen MR) is 123 cm³/mol. The summed E-state index contributed by atoms with van der Waals surface area (Å²) in [5.74, 6) is -0.546. The van der Waals surface area contributed by atoms with Crippen LogP contribution in [0.2, 0.25) is 0 Å². The molecule has 0 aromatic heterocycles. The Kier molecular flexibility index (Phi) is 8.64. The van der Waals surface area contributed by atoms with Gasteiger partial charge in [-0.05, 0) is 48.6 Å². The average molecular weight is 473 g/mol. The lowest BCUT2D eigenvalue weighted by Crippen LogP contribution is -2.56. The van der Waals surface area contributed by atoms with E-state index >= 15 is 0 Å². The molecule has 1 amide bonds. The average Bonchev–Trinajstić information content (AvgIpc) is 2.67. The lowest BCUT2D eigenvalue weighted by atomic mass is 10.2. The van der Waals surface area contributed by atoms with Gasteiger partial charge in [0, 0.05) is 11.6 Å². The summed E-state index contributed by atoms with van der Waals surface area (Å²) in [5, 5.41) is 16.9. The maximum Gasteiger partial charge on any atom is 0.228 e. The standard InChI is InChI=1S/C19H20Cl3N5OS/c1-12(2)16(28)24-17(19(20,21)22)25-18(29)23-13-8-10-15(11-9-13)27-26-14-6-4-3-5-7-14/h3-12,17H,1-2H3,(H,24,28)(H2,23,25,29). The molecule has 0 heterocycles. The number of nitrogens with zero attached hydrogens (tertiary/aromatic N) is 2. The molecule has 29 heavy (non-hydrogen) atoms. The van der Waals surface area contributed by atoms with Crippen LogP contribution in [0.25, 0.3) is 0 Å². The van der Waals surface area contributed by atoms with E-state index in [2.05, 4.69) is 26.2 Å². The molecular weight excluding hydrogens is 453 g/mol. The minimum absolute atomic E-state index is 0.184. The molecule has 0 fully saturated rings. The zero-order valence-corrected chi connectivity index (χ0v) is 18.8. The highest BCUT2D eigenvalue weighted by Gasteiger charge is 2.35. The van der Waals surface area contributed by atoms with Crippen molar-refractivity contribution >= 4 is 75.1 Å². The van der Waals surface area contributed by atoms with Crippen LogP contribution in [0.4, 0.5) is 17.1 Å². The van der Waals surface area contributed by atoms with Gasteiger partial charge in [-0.2, -0.15) is 10.2 Å². The molecule has 1 unspecified atom stereocenters. The van der Waals surface area contributed by atoms with Crippen LogP contribution in [0.3, 0.4) is 0 Å². The molecule has 1 atom stereocenters. The molecule has 0 radical (unpaired) electrons. The molecule has 2 rings (SSSR count). The third-order valence-electron chi connectivity index (χ3n) is 3.58. The van der Waals surface area contributed by atoms with E-state index < -0.39 is 9.96 Å². The number of halogens is 3. The first kappa shape index (κ1) is 23.3. The lowest BCUT2D eigenvalue weighted by Gasteiger charge is -2.28. The fourth-order valence-corrected chi connectivity index (χ4v) is 2.59. The number of hydrogen-bond acceptors (Lipinski definition) is 4. The van der Waals surface area contributed by atoms with E-state index in [-0.39, 0.29) is 16.9 Å². The summed E-state index contributed by atoms with van der Waals surface area (Å²) in [5.41, 5.74) is 2.14. The number of anilines is 1. The second-order valence-corrected chi connectivity index (χ2v) is 9.10. The molecule has 2 aromatic rings. The van der Waals surface area contributed by atoms with E-state index in [9.17, 15) is 4.79 Å². The van der Waals surface area contributed by atoms with E-state index in [1.807, 2.05) is 30.3 Å². The Morgan fingerprint density at radius 2 is 1.48 bits per heavy atom. The van der Waals surface area contributed by atoms with Crippen LogP contribution < -0.4 is 16.0 Å². The number of amides is 1. The van der Waals surface area contributed by atoms with Gasteiger partial charge in [0.05, 0.1) is 11.4 Å². The summed E-state index contributed by atoms with van der Waals surface area (Å²) in [6.45, 7) is 3.47. The third kappa shape index (κ3) is 8.14. The van der Waals surface area contributed by atoms with E-state index in [0.717, 1.165) is 5.69 Å². The number of azo groups is 1. The first-order valence-electron chi connectivity index (χ1n) is 8.66. The molecular formula is C19H20Cl3N5OS. The van der Waals surface area contributed by atoms with Gasteiger partial charge >= 0.3 is 0 Å². The summed E-state index contributed by atoms with van der Waals surface area (Å²) >= 11 is 23.1. The van der Waals surface area contributed by atoms with Gasteiger partial charge in [0.2, 0.25) is 9.70 Å². The summed E-state index contributed by atoms with van der Waals surface area (Å²) < 4.78 is -1.79. The van der Waals surface area contributed by atoms with E-state index in [4.69, 9.17) is 47.0 Å². The molecule has 0 saturated heterocycles. The molecule has 2 aromatic carbocycles. The summed E-state index contributed by atoms with van der Waals surface area (Å²) in [7, 11) is 0. The number of alkyl halides is 3. The lowest BCUT2D eigenvalue weighted by molar-refractivity contribution is -0.124. The molecule has 0 aliphatic heterocycles. The van der Waals surface area contributed by atoms with E-state index in [1.54, 1.807) is 38.1 Å².